The van der Waals surface area contributed by atoms with Crippen LogP contribution in [0.25, 0.3) is 0 Å². The van der Waals surface area contributed by atoms with E-state index < -0.39 is 23.8 Å². The van der Waals surface area contributed by atoms with E-state index in [0.29, 0.717) is 37.2 Å². The van der Waals surface area contributed by atoms with Crippen LogP contribution in [0.1, 0.15) is 43.5 Å². The summed E-state index contributed by atoms with van der Waals surface area (Å²) >= 11 is 0. The molecule has 2 fully saturated rings. The van der Waals surface area contributed by atoms with E-state index in [1.54, 1.807) is 11.8 Å². The van der Waals surface area contributed by atoms with Gasteiger partial charge in [0.05, 0.1) is 24.3 Å². The van der Waals surface area contributed by atoms with Crippen molar-refractivity contribution in [2.75, 3.05) is 24.6 Å². The Balaban J connectivity index is 1.55. The zero-order valence-electron chi connectivity index (χ0n) is 17.6. The molecule has 2 heterocycles. The minimum atomic E-state index is -0.876. The van der Waals surface area contributed by atoms with Crippen LogP contribution in [-0.2, 0) is 23.9 Å². The Morgan fingerprint density at radius 1 is 1.10 bits per heavy atom. The van der Waals surface area contributed by atoms with Gasteiger partial charge in [-0.25, -0.2) is 15.1 Å². The molecule has 0 unspecified atom stereocenters. The molecule has 31 heavy (non-hydrogen) atoms. The summed E-state index contributed by atoms with van der Waals surface area (Å²) in [6, 6.07) is 5.11. The number of nitrogens with one attached hydrogen (secondary N) is 2. The number of carbonyl (C=O) groups excluding carboxylic acids is 5. The summed E-state index contributed by atoms with van der Waals surface area (Å²) in [5.41, 5.74) is 5.88. The lowest BCUT2D eigenvalue weighted by atomic mass is 9.96. The van der Waals surface area contributed by atoms with Gasteiger partial charge in [-0.05, 0) is 44.0 Å². The Labute approximate surface area is 179 Å². The van der Waals surface area contributed by atoms with E-state index >= 15 is 0 Å². The highest BCUT2D eigenvalue weighted by atomic mass is 16.5. The van der Waals surface area contributed by atoms with Crippen molar-refractivity contribution in [2.24, 2.45) is 5.92 Å². The molecule has 0 saturated carbocycles. The van der Waals surface area contributed by atoms with Gasteiger partial charge in [0.15, 0.2) is 0 Å². The van der Waals surface area contributed by atoms with Gasteiger partial charge in [-0.3, -0.25) is 24.6 Å². The fourth-order valence-electron chi connectivity index (χ4n) is 3.69. The number of benzene rings is 1. The van der Waals surface area contributed by atoms with Crippen molar-refractivity contribution in [3.63, 3.8) is 0 Å². The average Bonchev–Trinajstić information content (AvgIpc) is 3.05. The molecule has 2 aliphatic rings. The minimum absolute atomic E-state index is 0.0116. The maximum Gasteiger partial charge on any atom is 0.338 e. The summed E-state index contributed by atoms with van der Waals surface area (Å²) < 4.78 is 4.92. The third kappa shape index (κ3) is 5.08. The Morgan fingerprint density at radius 2 is 1.74 bits per heavy atom. The van der Waals surface area contributed by atoms with Crippen LogP contribution < -0.4 is 15.8 Å². The molecule has 4 amide bonds. The molecule has 2 aliphatic heterocycles. The van der Waals surface area contributed by atoms with Crippen molar-refractivity contribution in [1.29, 1.82) is 0 Å². The monoisotopic (exact) mass is 430 g/mol. The van der Waals surface area contributed by atoms with Crippen LogP contribution in [0.4, 0.5) is 5.69 Å². The molecule has 0 aromatic heterocycles. The number of imide groups is 1. The van der Waals surface area contributed by atoms with Gasteiger partial charge in [0.2, 0.25) is 17.7 Å². The van der Waals surface area contributed by atoms with Crippen LogP contribution in [0, 0.1) is 5.92 Å². The second-order valence-corrected chi connectivity index (χ2v) is 7.51. The standard InChI is InChI=1S/C21H26N4O6/c1-3-31-21(30)15-4-6-16(7-5-15)25-18(27)12-17(20(25)29)22-23-19(28)14-8-10-24(11-9-14)13(2)26/h4-7,14,17,22H,3,8-12H2,1-2H3,(H,23,28)/t17-/m1/s1. The van der Waals surface area contributed by atoms with Crippen LogP contribution in [-0.4, -0.2) is 60.2 Å². The largest absolute Gasteiger partial charge is 0.462 e. The topological polar surface area (TPSA) is 125 Å². The lowest BCUT2D eigenvalue weighted by Gasteiger charge is -2.30. The lowest BCUT2D eigenvalue weighted by Crippen LogP contribution is -2.51. The highest BCUT2D eigenvalue weighted by Crippen LogP contribution is 2.23. The first-order chi connectivity index (χ1) is 14.8. The smallest absolute Gasteiger partial charge is 0.338 e. The number of hydrazine groups is 1. The molecule has 2 saturated heterocycles. The first kappa shape index (κ1) is 22.4. The van der Waals surface area contributed by atoms with E-state index in [1.165, 1.54) is 31.2 Å². The van der Waals surface area contributed by atoms with Gasteiger partial charge in [-0.1, -0.05) is 0 Å². The minimum Gasteiger partial charge on any atom is -0.462 e. The third-order valence-electron chi connectivity index (χ3n) is 5.46. The molecule has 10 heteroatoms. The van der Waals surface area contributed by atoms with Gasteiger partial charge < -0.3 is 9.64 Å². The van der Waals surface area contributed by atoms with Crippen LogP contribution in [0.15, 0.2) is 24.3 Å². The SMILES string of the molecule is CCOC(=O)c1ccc(N2C(=O)C[C@@H](NNC(=O)C3CCN(C(C)=O)CC3)C2=O)cc1. The molecule has 3 rings (SSSR count). The Morgan fingerprint density at radius 3 is 2.32 bits per heavy atom. The predicted molar refractivity (Wildman–Crippen MR) is 110 cm³/mol. The van der Waals surface area contributed by atoms with Crippen molar-refractivity contribution in [3.05, 3.63) is 29.8 Å². The molecule has 0 bridgehead atoms. The van der Waals surface area contributed by atoms with Crippen molar-refractivity contribution in [1.82, 2.24) is 15.8 Å². The summed E-state index contributed by atoms with van der Waals surface area (Å²) in [5.74, 6) is -1.91. The van der Waals surface area contributed by atoms with Crippen molar-refractivity contribution in [2.45, 2.75) is 39.2 Å². The van der Waals surface area contributed by atoms with Crippen molar-refractivity contribution in [3.8, 4) is 0 Å². The summed E-state index contributed by atoms with van der Waals surface area (Å²) in [4.78, 5) is 63.3. The molecular weight excluding hydrogens is 404 g/mol. The van der Waals surface area contributed by atoms with Gasteiger partial charge in [0.25, 0.3) is 5.91 Å². The van der Waals surface area contributed by atoms with Gasteiger partial charge in [-0.15, -0.1) is 0 Å². The maximum absolute atomic E-state index is 12.7. The molecule has 1 atom stereocenters. The second kappa shape index (κ2) is 9.69. The number of ether oxygens (including phenoxy) is 1. The lowest BCUT2D eigenvalue weighted by molar-refractivity contribution is -0.134. The second-order valence-electron chi connectivity index (χ2n) is 7.51. The Kier molecular flexibility index (Phi) is 7.01. The number of anilines is 1. The predicted octanol–water partition coefficient (Wildman–Crippen LogP) is 0.375. The number of esters is 1. The van der Waals surface area contributed by atoms with E-state index in [9.17, 15) is 24.0 Å². The number of hydrogen-bond donors (Lipinski definition) is 2. The summed E-state index contributed by atoms with van der Waals surface area (Å²) in [6.45, 7) is 4.49. The zero-order chi connectivity index (χ0) is 22.5. The van der Waals surface area contributed by atoms with E-state index in [2.05, 4.69) is 10.9 Å². The molecule has 166 valence electrons. The molecule has 1 aromatic rings. The first-order valence-electron chi connectivity index (χ1n) is 10.3. The summed E-state index contributed by atoms with van der Waals surface area (Å²) in [7, 11) is 0. The van der Waals surface area contributed by atoms with E-state index in [4.69, 9.17) is 4.74 Å². The Hall–Kier alpha value is -3.27. The number of amides is 4. The highest BCUT2D eigenvalue weighted by Gasteiger charge is 2.40. The molecule has 0 aliphatic carbocycles. The number of piperidine rings is 1. The number of likely N-dealkylation sites (tertiary alicyclic amines) is 1. The van der Waals surface area contributed by atoms with Gasteiger partial charge in [0.1, 0.15) is 6.04 Å². The van der Waals surface area contributed by atoms with Gasteiger partial charge in [-0.2, -0.15) is 0 Å². The number of rotatable bonds is 6. The quantitative estimate of drug-likeness (QED) is 0.380. The fourth-order valence-corrected chi connectivity index (χ4v) is 3.69. The first-order valence-corrected chi connectivity index (χ1v) is 10.3. The number of nitrogens with zero attached hydrogens (tertiary/aromatic N) is 2. The molecule has 0 spiro atoms. The summed E-state index contributed by atoms with van der Waals surface area (Å²) in [5, 5.41) is 0. The maximum atomic E-state index is 12.7. The molecule has 10 nitrogen and oxygen atoms in total. The van der Waals surface area contributed by atoms with Crippen LogP contribution >= 0.6 is 0 Å². The fraction of sp³-hybridized carbons (Fsp3) is 0.476. The molecule has 1 aromatic carbocycles. The van der Waals surface area contributed by atoms with Crippen molar-refractivity contribution >= 4 is 35.3 Å². The normalized spacial score (nSPS) is 19.5. The van der Waals surface area contributed by atoms with E-state index in [1.807, 2.05) is 0 Å². The average molecular weight is 430 g/mol. The van der Waals surface area contributed by atoms with Crippen LogP contribution in [0.3, 0.4) is 0 Å². The highest BCUT2D eigenvalue weighted by molar-refractivity contribution is 6.22. The van der Waals surface area contributed by atoms with Crippen molar-refractivity contribution < 1.29 is 28.7 Å². The van der Waals surface area contributed by atoms with E-state index in [0.717, 1.165) is 4.90 Å². The van der Waals surface area contributed by atoms with E-state index in [-0.39, 0.29) is 30.8 Å². The Bertz CT molecular complexity index is 876. The molecular formula is C21H26N4O6. The van der Waals surface area contributed by atoms with Gasteiger partial charge in [0, 0.05) is 25.9 Å². The molecule has 2 N–H and O–H groups in total. The summed E-state index contributed by atoms with van der Waals surface area (Å²) in [6.07, 6.45) is 0.995. The number of carbonyl (C=O) groups is 5. The third-order valence-corrected chi connectivity index (χ3v) is 5.46. The number of hydrogen-bond acceptors (Lipinski definition) is 7. The van der Waals surface area contributed by atoms with Crippen LogP contribution in [0.5, 0.6) is 0 Å². The zero-order valence-corrected chi connectivity index (χ0v) is 17.6. The van der Waals surface area contributed by atoms with Gasteiger partial charge >= 0.3 is 5.97 Å². The molecule has 0 radical (unpaired) electrons. The van der Waals surface area contributed by atoms with Crippen LogP contribution in [0.2, 0.25) is 0 Å².